The summed E-state index contributed by atoms with van der Waals surface area (Å²) in [5.74, 6) is -1.66. The maximum Gasteiger partial charge on any atom is 0.309 e. The lowest BCUT2D eigenvalue weighted by Gasteiger charge is -2.24. The number of aliphatic hydroxyl groups excluding tert-OH is 1. The van der Waals surface area contributed by atoms with Gasteiger partial charge in [0.25, 0.3) is 5.91 Å². The van der Waals surface area contributed by atoms with Crippen LogP contribution < -0.4 is 20.1 Å². The molecular weight excluding hydrogens is 510 g/mol. The van der Waals surface area contributed by atoms with E-state index in [9.17, 15) is 27.1 Å². The number of nitrogens with one attached hydrogen (secondary N) is 3. The molecule has 2 unspecified atom stereocenters. The molecule has 200 valence electrons. The van der Waals surface area contributed by atoms with Gasteiger partial charge in [-0.2, -0.15) is 4.98 Å². The van der Waals surface area contributed by atoms with Gasteiger partial charge in [-0.1, -0.05) is 12.1 Å². The van der Waals surface area contributed by atoms with Crippen molar-refractivity contribution in [3.63, 3.8) is 0 Å². The summed E-state index contributed by atoms with van der Waals surface area (Å²) in [6.45, 7) is 1.82. The predicted molar refractivity (Wildman–Crippen MR) is 132 cm³/mol. The molecule has 37 heavy (non-hydrogen) atoms. The van der Waals surface area contributed by atoms with E-state index in [1.165, 1.54) is 6.92 Å². The molecule has 2 aromatic carbocycles. The summed E-state index contributed by atoms with van der Waals surface area (Å²) in [7, 11) is -2.14. The Morgan fingerprint density at radius 1 is 1.16 bits per heavy atom. The summed E-state index contributed by atoms with van der Waals surface area (Å²) in [4.78, 5) is 16.8. The van der Waals surface area contributed by atoms with Gasteiger partial charge in [-0.15, -0.1) is 0 Å². The lowest BCUT2D eigenvalue weighted by molar-refractivity contribution is 0.0824. The van der Waals surface area contributed by atoms with Crippen molar-refractivity contribution in [2.24, 2.45) is 0 Å². The zero-order valence-electron chi connectivity index (χ0n) is 20.4. The van der Waals surface area contributed by atoms with E-state index in [2.05, 4.69) is 15.6 Å². The molecule has 3 aromatic rings. The summed E-state index contributed by atoms with van der Waals surface area (Å²) < 4.78 is 62.8. The third kappa shape index (κ3) is 8.51. The molecule has 2 atom stereocenters. The molecular formula is C24H28F2N4O6S. The molecule has 3 rings (SSSR count). The Hall–Kier alpha value is -3.55. The Labute approximate surface area is 213 Å². The van der Waals surface area contributed by atoms with E-state index >= 15 is 0 Å². The molecule has 0 spiro atoms. The number of aliphatic hydroxyl groups is 1. The largest absolute Gasteiger partial charge is 0.497 e. The van der Waals surface area contributed by atoms with Crippen LogP contribution in [0.25, 0.3) is 0 Å². The summed E-state index contributed by atoms with van der Waals surface area (Å²) in [6, 6.07) is 8.85. The minimum absolute atomic E-state index is 0.0264. The number of nitrogens with zero attached hydrogens (tertiary/aromatic N) is 1. The van der Waals surface area contributed by atoms with Crippen molar-refractivity contribution in [1.29, 1.82) is 0 Å². The van der Waals surface area contributed by atoms with E-state index in [0.29, 0.717) is 12.3 Å². The molecule has 0 aliphatic carbocycles. The lowest BCUT2D eigenvalue weighted by Crippen LogP contribution is -2.48. The fraction of sp³-hybridized carbons (Fsp3) is 0.333. The molecule has 1 amide bonds. The first-order valence-electron chi connectivity index (χ1n) is 11.2. The SMILES string of the molecule is COc1cccc(CNCC(O)C(Cc2cc(F)cc(F)c2)NC(=O)c2nc(NS(C)(=O)=O)oc2C)c1. The number of anilines is 1. The summed E-state index contributed by atoms with van der Waals surface area (Å²) in [5, 5.41) is 16.6. The highest BCUT2D eigenvalue weighted by molar-refractivity contribution is 7.91. The van der Waals surface area contributed by atoms with Crippen molar-refractivity contribution < 1.29 is 36.3 Å². The van der Waals surface area contributed by atoms with Gasteiger partial charge in [0.1, 0.15) is 23.1 Å². The third-order valence-corrected chi connectivity index (χ3v) is 5.81. The van der Waals surface area contributed by atoms with Crippen LogP contribution in [-0.2, 0) is 23.0 Å². The molecule has 4 N–H and O–H groups in total. The average Bonchev–Trinajstić information content (AvgIpc) is 3.16. The quantitative estimate of drug-likeness (QED) is 0.275. The molecule has 1 heterocycles. The van der Waals surface area contributed by atoms with Crippen molar-refractivity contribution in [3.8, 4) is 5.75 Å². The highest BCUT2D eigenvalue weighted by atomic mass is 32.2. The molecule has 0 aliphatic rings. The fourth-order valence-electron chi connectivity index (χ4n) is 3.60. The number of amides is 1. The van der Waals surface area contributed by atoms with E-state index in [1.807, 2.05) is 22.9 Å². The maximum absolute atomic E-state index is 13.8. The zero-order valence-corrected chi connectivity index (χ0v) is 21.2. The number of hydrogen-bond donors (Lipinski definition) is 4. The molecule has 0 saturated carbocycles. The van der Waals surface area contributed by atoms with Gasteiger partial charge in [0.2, 0.25) is 10.0 Å². The number of ether oxygens (including phenoxy) is 1. The Balaban J connectivity index is 1.75. The summed E-state index contributed by atoms with van der Waals surface area (Å²) >= 11 is 0. The van der Waals surface area contributed by atoms with Gasteiger partial charge in [-0.25, -0.2) is 21.9 Å². The first-order valence-corrected chi connectivity index (χ1v) is 13.1. The number of sulfonamides is 1. The van der Waals surface area contributed by atoms with Crippen molar-refractivity contribution in [3.05, 3.63) is 76.7 Å². The van der Waals surface area contributed by atoms with Gasteiger partial charge < -0.3 is 24.9 Å². The molecule has 0 fully saturated rings. The van der Waals surface area contributed by atoms with Crippen LogP contribution in [0.3, 0.4) is 0 Å². The van der Waals surface area contributed by atoms with Crippen LogP contribution in [0.5, 0.6) is 5.75 Å². The van der Waals surface area contributed by atoms with Crippen LogP contribution in [0.4, 0.5) is 14.8 Å². The van der Waals surface area contributed by atoms with E-state index < -0.39 is 45.7 Å². The zero-order chi connectivity index (χ0) is 27.2. The maximum atomic E-state index is 13.8. The molecule has 10 nitrogen and oxygen atoms in total. The smallest absolute Gasteiger partial charge is 0.309 e. The Bertz CT molecular complexity index is 1330. The number of oxazole rings is 1. The number of methoxy groups -OCH3 is 1. The summed E-state index contributed by atoms with van der Waals surface area (Å²) in [5.41, 5.74) is 0.896. The second-order valence-electron chi connectivity index (χ2n) is 8.41. The number of aromatic nitrogens is 1. The number of rotatable bonds is 12. The van der Waals surface area contributed by atoms with Crippen molar-refractivity contribution in [2.75, 3.05) is 24.6 Å². The van der Waals surface area contributed by atoms with Gasteiger partial charge >= 0.3 is 6.01 Å². The Morgan fingerprint density at radius 2 is 1.86 bits per heavy atom. The minimum Gasteiger partial charge on any atom is -0.497 e. The number of carbonyl (C=O) groups is 1. The normalized spacial score (nSPS) is 13.1. The van der Waals surface area contributed by atoms with E-state index in [4.69, 9.17) is 9.15 Å². The number of benzene rings is 2. The molecule has 1 aromatic heterocycles. The minimum atomic E-state index is -3.69. The first-order chi connectivity index (χ1) is 17.4. The van der Waals surface area contributed by atoms with Crippen LogP contribution in [-0.4, -0.2) is 56.5 Å². The van der Waals surface area contributed by atoms with Crippen molar-refractivity contribution in [2.45, 2.75) is 32.0 Å². The Kier molecular flexibility index (Phi) is 9.18. The highest BCUT2D eigenvalue weighted by Crippen LogP contribution is 2.17. The van der Waals surface area contributed by atoms with Crippen LogP contribution in [0.2, 0.25) is 0 Å². The van der Waals surface area contributed by atoms with Crippen LogP contribution in [0.15, 0.2) is 46.9 Å². The third-order valence-electron chi connectivity index (χ3n) is 5.26. The average molecular weight is 539 g/mol. The lowest BCUT2D eigenvalue weighted by atomic mass is 10.00. The molecule has 0 saturated heterocycles. The molecule has 0 bridgehead atoms. The second-order valence-corrected chi connectivity index (χ2v) is 10.2. The van der Waals surface area contributed by atoms with Crippen LogP contribution in [0.1, 0.15) is 27.4 Å². The highest BCUT2D eigenvalue weighted by Gasteiger charge is 2.26. The van der Waals surface area contributed by atoms with Gasteiger partial charge in [-0.3, -0.25) is 4.79 Å². The van der Waals surface area contributed by atoms with Gasteiger partial charge in [0.05, 0.1) is 25.5 Å². The standard InChI is InChI=1S/C24H28F2N4O6S/c1-14-22(29-24(36-14)30-37(3,33)34)23(32)28-20(10-16-7-17(25)11-18(26)8-16)21(31)13-27-12-15-5-4-6-19(9-15)35-2/h4-9,11,20-21,27,31H,10,12-13H2,1-3H3,(H,28,32)(H,29,30). The summed E-state index contributed by atoms with van der Waals surface area (Å²) in [6.07, 6.45) is -0.384. The van der Waals surface area contributed by atoms with Crippen LogP contribution in [0, 0.1) is 18.6 Å². The Morgan fingerprint density at radius 3 is 2.51 bits per heavy atom. The topological polar surface area (TPSA) is 143 Å². The van der Waals surface area contributed by atoms with E-state index in [0.717, 1.165) is 30.0 Å². The van der Waals surface area contributed by atoms with Crippen LogP contribution >= 0.6 is 0 Å². The van der Waals surface area contributed by atoms with E-state index in [1.54, 1.807) is 13.2 Å². The van der Waals surface area contributed by atoms with Gasteiger partial charge in [-0.05, 0) is 48.7 Å². The van der Waals surface area contributed by atoms with Crippen molar-refractivity contribution >= 4 is 21.9 Å². The fourth-order valence-corrected chi connectivity index (χ4v) is 4.01. The number of carbonyl (C=O) groups excluding carboxylic acids is 1. The van der Waals surface area contributed by atoms with Gasteiger partial charge in [0.15, 0.2) is 5.69 Å². The second kappa shape index (κ2) is 12.1. The number of aryl methyl sites for hydroxylation is 1. The van der Waals surface area contributed by atoms with Crippen molar-refractivity contribution in [1.82, 2.24) is 15.6 Å². The van der Waals surface area contributed by atoms with Gasteiger partial charge in [0, 0.05) is 19.2 Å². The predicted octanol–water partition coefficient (Wildman–Crippen LogP) is 2.13. The first kappa shape index (κ1) is 28.0. The molecule has 0 radical (unpaired) electrons. The molecule has 0 aliphatic heterocycles. The monoisotopic (exact) mass is 538 g/mol. The number of halogens is 2. The molecule has 13 heteroatoms. The number of hydrogen-bond acceptors (Lipinski definition) is 8. The van der Waals surface area contributed by atoms with E-state index in [-0.39, 0.29) is 30.0 Å².